The van der Waals surface area contributed by atoms with Crippen molar-refractivity contribution in [1.82, 2.24) is 20.2 Å². The molecule has 2 aliphatic rings. The van der Waals surface area contributed by atoms with Gasteiger partial charge in [-0.25, -0.2) is 14.4 Å². The second-order valence-corrected chi connectivity index (χ2v) is 9.76. The Balaban J connectivity index is 1.48. The maximum absolute atomic E-state index is 15.3. The quantitative estimate of drug-likeness (QED) is 0.523. The lowest BCUT2D eigenvalue weighted by molar-refractivity contribution is -0.115. The molecule has 5 rings (SSSR count). The molecule has 2 fully saturated rings. The predicted octanol–water partition coefficient (Wildman–Crippen LogP) is 4.60. The van der Waals surface area contributed by atoms with E-state index in [1.54, 1.807) is 12.1 Å². The molecule has 0 spiro atoms. The lowest BCUT2D eigenvalue weighted by Crippen LogP contribution is -2.46. The van der Waals surface area contributed by atoms with E-state index < -0.39 is 5.91 Å². The van der Waals surface area contributed by atoms with Crippen molar-refractivity contribution in [3.63, 3.8) is 0 Å². The number of carbonyl (C=O) groups excluding carboxylic acids is 2. The van der Waals surface area contributed by atoms with Crippen LogP contribution in [0, 0.1) is 12.7 Å². The van der Waals surface area contributed by atoms with Crippen molar-refractivity contribution in [3.05, 3.63) is 58.5 Å². The van der Waals surface area contributed by atoms with Crippen LogP contribution in [-0.4, -0.2) is 58.7 Å². The average Bonchev–Trinajstić information content (AvgIpc) is 3.15. The molecule has 2 saturated heterocycles. The Morgan fingerprint density at radius 2 is 1.89 bits per heavy atom. The van der Waals surface area contributed by atoms with Crippen molar-refractivity contribution in [3.8, 4) is 11.3 Å². The number of halogens is 1. The number of amides is 2. The van der Waals surface area contributed by atoms with Crippen molar-refractivity contribution < 1.29 is 14.0 Å². The van der Waals surface area contributed by atoms with Gasteiger partial charge in [-0.1, -0.05) is 19.1 Å². The Kier molecular flexibility index (Phi) is 6.53. The highest BCUT2D eigenvalue weighted by Gasteiger charge is 2.25. The molecule has 0 saturated carbocycles. The van der Waals surface area contributed by atoms with Crippen LogP contribution in [0.1, 0.15) is 24.7 Å². The molecule has 3 aromatic rings. The first-order valence-corrected chi connectivity index (χ1v) is 12.5. The van der Waals surface area contributed by atoms with Crippen molar-refractivity contribution in [2.75, 3.05) is 37.6 Å². The van der Waals surface area contributed by atoms with Crippen molar-refractivity contribution in [2.45, 2.75) is 20.3 Å². The molecule has 180 valence electrons. The summed E-state index contributed by atoms with van der Waals surface area (Å²) >= 11 is 0.870. The Morgan fingerprint density at radius 1 is 1.09 bits per heavy atom. The highest BCUT2D eigenvalue weighted by Crippen LogP contribution is 2.32. The number of thioether (sulfide) groups is 1. The van der Waals surface area contributed by atoms with E-state index in [4.69, 9.17) is 0 Å². The first kappa shape index (κ1) is 23.4. The minimum atomic E-state index is -0.409. The van der Waals surface area contributed by atoms with Crippen LogP contribution in [0.2, 0.25) is 0 Å². The van der Waals surface area contributed by atoms with E-state index in [2.05, 4.69) is 32.0 Å². The van der Waals surface area contributed by atoms with E-state index in [0.29, 0.717) is 27.7 Å². The molecule has 0 atom stereocenters. The second kappa shape index (κ2) is 9.75. The molecule has 9 heteroatoms. The summed E-state index contributed by atoms with van der Waals surface area (Å²) in [6.07, 6.45) is 2.79. The van der Waals surface area contributed by atoms with Gasteiger partial charge in [-0.3, -0.25) is 19.8 Å². The van der Waals surface area contributed by atoms with Crippen LogP contribution < -0.4 is 10.2 Å². The Labute approximate surface area is 207 Å². The number of nitrogens with zero attached hydrogens (tertiary/aromatic N) is 4. The van der Waals surface area contributed by atoms with Gasteiger partial charge in [0, 0.05) is 37.1 Å². The number of hydrogen-bond acceptors (Lipinski definition) is 7. The van der Waals surface area contributed by atoms with Crippen LogP contribution >= 0.6 is 11.8 Å². The molecule has 2 amide bonds. The van der Waals surface area contributed by atoms with Gasteiger partial charge in [-0.05, 0) is 67.6 Å². The number of benzene rings is 2. The Morgan fingerprint density at radius 3 is 2.57 bits per heavy atom. The van der Waals surface area contributed by atoms with Crippen molar-refractivity contribution >= 4 is 45.6 Å². The minimum absolute atomic E-state index is 0.272. The number of hydrogen-bond donors (Lipinski definition) is 1. The Hall–Kier alpha value is -3.30. The molecular weight excluding hydrogens is 465 g/mol. The smallest absolute Gasteiger partial charge is 0.290 e. The molecule has 35 heavy (non-hydrogen) atoms. The zero-order valence-electron chi connectivity index (χ0n) is 19.7. The lowest BCUT2D eigenvalue weighted by atomic mass is 10.0. The van der Waals surface area contributed by atoms with Crippen molar-refractivity contribution in [2.24, 2.45) is 0 Å². The monoisotopic (exact) mass is 491 g/mol. The maximum Gasteiger partial charge on any atom is 0.290 e. The van der Waals surface area contributed by atoms with Crippen LogP contribution in [0.15, 0.2) is 41.3 Å². The number of carbonyl (C=O) groups is 2. The summed E-state index contributed by atoms with van der Waals surface area (Å²) in [5.41, 5.74) is 3.37. The third-order valence-electron chi connectivity index (χ3n) is 6.25. The zero-order valence-corrected chi connectivity index (χ0v) is 20.5. The van der Waals surface area contributed by atoms with Crippen molar-refractivity contribution in [1.29, 1.82) is 0 Å². The highest BCUT2D eigenvalue weighted by atomic mass is 32.2. The van der Waals surface area contributed by atoms with Gasteiger partial charge in [0.15, 0.2) is 0 Å². The fourth-order valence-electron chi connectivity index (χ4n) is 4.58. The van der Waals surface area contributed by atoms with Gasteiger partial charge in [-0.2, -0.15) is 0 Å². The van der Waals surface area contributed by atoms with Gasteiger partial charge in [0.25, 0.3) is 11.1 Å². The van der Waals surface area contributed by atoms with Gasteiger partial charge in [0.05, 0.1) is 21.8 Å². The van der Waals surface area contributed by atoms with Gasteiger partial charge in [0.2, 0.25) is 0 Å². The number of rotatable bonds is 5. The van der Waals surface area contributed by atoms with Crippen LogP contribution in [0.25, 0.3) is 28.2 Å². The van der Waals surface area contributed by atoms with E-state index in [9.17, 15) is 9.59 Å². The molecule has 7 nitrogen and oxygen atoms in total. The van der Waals surface area contributed by atoms with Crippen LogP contribution in [-0.2, 0) is 4.79 Å². The normalized spacial score (nSPS) is 18.0. The average molecular weight is 492 g/mol. The van der Waals surface area contributed by atoms with Crippen LogP contribution in [0.5, 0.6) is 0 Å². The van der Waals surface area contributed by atoms with Gasteiger partial charge in [0.1, 0.15) is 11.6 Å². The number of aryl methyl sites for hydroxylation is 1. The summed E-state index contributed by atoms with van der Waals surface area (Å²) in [6.45, 7) is 8.54. The summed E-state index contributed by atoms with van der Waals surface area (Å²) in [4.78, 5) is 37.4. The fourth-order valence-corrected chi connectivity index (χ4v) is 5.27. The third kappa shape index (κ3) is 4.92. The fraction of sp³-hybridized carbons (Fsp3) is 0.308. The number of piperazine rings is 1. The Bertz CT molecular complexity index is 1350. The maximum atomic E-state index is 15.3. The molecule has 2 aliphatic heterocycles. The molecule has 2 aromatic carbocycles. The zero-order chi connectivity index (χ0) is 24.5. The summed E-state index contributed by atoms with van der Waals surface area (Å²) in [5.74, 6) is -0.0909. The first-order chi connectivity index (χ1) is 16.9. The molecule has 0 unspecified atom stereocenters. The molecule has 3 heterocycles. The summed E-state index contributed by atoms with van der Waals surface area (Å²) in [7, 11) is 0. The topological polar surface area (TPSA) is 78.4 Å². The van der Waals surface area contributed by atoms with E-state index in [1.807, 2.05) is 37.3 Å². The molecule has 1 N–H and O–H groups in total. The first-order valence-electron chi connectivity index (χ1n) is 11.7. The molecule has 0 aliphatic carbocycles. The third-order valence-corrected chi connectivity index (χ3v) is 7.06. The highest BCUT2D eigenvalue weighted by molar-refractivity contribution is 8.18. The number of anilines is 1. The van der Waals surface area contributed by atoms with Gasteiger partial charge < -0.3 is 4.90 Å². The standard InChI is InChI=1S/C26H26FN5O2S/c1-3-8-31-9-11-32(12-10-31)22-7-5-18(15-20(22)27)24-19-13-17(4-6-21(19)28-16(2)29-24)14-23-25(33)30-26(34)35-23/h4-7,13-15H,3,8-12H2,1-2H3,(H,30,33,34). The second-order valence-electron chi connectivity index (χ2n) is 8.74. The lowest BCUT2D eigenvalue weighted by Gasteiger charge is -2.36. The number of imide groups is 1. The largest absolute Gasteiger partial charge is 0.367 e. The van der Waals surface area contributed by atoms with Crippen LogP contribution in [0.3, 0.4) is 0 Å². The number of nitrogens with one attached hydrogen (secondary N) is 1. The minimum Gasteiger partial charge on any atom is -0.367 e. The summed E-state index contributed by atoms with van der Waals surface area (Å²) in [5, 5.41) is 2.62. The molecule has 0 radical (unpaired) electrons. The van der Waals surface area contributed by atoms with Gasteiger partial charge in [-0.15, -0.1) is 0 Å². The van der Waals surface area contributed by atoms with Gasteiger partial charge >= 0.3 is 0 Å². The SMILES string of the molecule is CCCN1CCN(c2ccc(-c3nc(C)nc4ccc(C=C5SC(=O)NC5=O)cc34)cc2F)CC1. The molecule has 1 aromatic heterocycles. The number of fused-ring (bicyclic) bond motifs is 1. The van der Waals surface area contributed by atoms with E-state index in [-0.39, 0.29) is 11.1 Å². The number of aromatic nitrogens is 2. The van der Waals surface area contributed by atoms with E-state index in [0.717, 1.165) is 67.4 Å². The predicted molar refractivity (Wildman–Crippen MR) is 138 cm³/mol. The molecular formula is C26H26FN5O2S. The summed E-state index contributed by atoms with van der Waals surface area (Å²) in [6, 6.07) is 10.8. The van der Waals surface area contributed by atoms with E-state index >= 15 is 4.39 Å². The van der Waals surface area contributed by atoms with E-state index in [1.165, 1.54) is 0 Å². The van der Waals surface area contributed by atoms with Crippen LogP contribution in [0.4, 0.5) is 14.9 Å². The molecule has 0 bridgehead atoms. The summed E-state index contributed by atoms with van der Waals surface area (Å²) < 4.78 is 15.3.